The maximum absolute atomic E-state index is 11.4. The number of aliphatic hydroxyl groups is 3. The van der Waals surface area contributed by atoms with Crippen LogP contribution in [0.15, 0.2) is 78.9 Å². The topological polar surface area (TPSA) is 129 Å². The van der Waals surface area contributed by atoms with Crippen LogP contribution >= 0.6 is 0 Å². The van der Waals surface area contributed by atoms with Gasteiger partial charge in [0.2, 0.25) is 6.29 Å². The molecule has 1 aliphatic rings. The predicted octanol–water partition coefficient (Wildman–Crippen LogP) is 3.27. The standard InChI is InChI=1S/C32H37NO8/c1-4-25(20-8-6-5-7-9-20)26(21-10-14-23(15-11-21)39-19-18-33(2)3)22-12-16-24(17-13-22)40-32-29(36)27(34)28(35)30(41-32)31(37)38/h5-17,27-30,32,34-36H,4,18-19H2,1-3H3,(H,37,38)/b26-25-/t27-,28-,29+,30-,32+/m1/s1. The number of likely N-dealkylation sites (N-methyl/N-ethyl adjacent to an activating group) is 1. The normalized spacial score (nSPS) is 23.1. The van der Waals surface area contributed by atoms with Crippen LogP contribution in [-0.4, -0.2) is 89.2 Å². The first-order valence-electron chi connectivity index (χ1n) is 13.6. The van der Waals surface area contributed by atoms with Crippen LogP contribution < -0.4 is 9.47 Å². The van der Waals surface area contributed by atoms with Crippen molar-refractivity contribution in [1.82, 2.24) is 4.90 Å². The van der Waals surface area contributed by atoms with Crippen molar-refractivity contribution in [3.63, 3.8) is 0 Å². The van der Waals surface area contributed by atoms with Crippen molar-refractivity contribution >= 4 is 17.1 Å². The van der Waals surface area contributed by atoms with Gasteiger partial charge in [0, 0.05) is 6.54 Å². The second-order valence-corrected chi connectivity index (χ2v) is 10.1. The molecule has 0 bridgehead atoms. The van der Waals surface area contributed by atoms with Crippen LogP contribution in [0.4, 0.5) is 0 Å². The zero-order valence-electron chi connectivity index (χ0n) is 23.4. The monoisotopic (exact) mass is 563 g/mol. The zero-order chi connectivity index (χ0) is 29.5. The molecule has 3 aromatic carbocycles. The molecule has 5 atom stereocenters. The summed E-state index contributed by atoms with van der Waals surface area (Å²) in [5.74, 6) is -0.383. The smallest absolute Gasteiger partial charge is 0.335 e. The largest absolute Gasteiger partial charge is 0.492 e. The minimum atomic E-state index is -1.78. The second-order valence-electron chi connectivity index (χ2n) is 10.1. The van der Waals surface area contributed by atoms with Crippen molar-refractivity contribution in [2.75, 3.05) is 27.2 Å². The average Bonchev–Trinajstić information content (AvgIpc) is 2.97. The molecule has 4 N–H and O–H groups in total. The van der Waals surface area contributed by atoms with E-state index in [1.54, 1.807) is 12.1 Å². The lowest BCUT2D eigenvalue weighted by molar-refractivity contribution is -0.271. The van der Waals surface area contributed by atoms with Gasteiger partial charge in [-0.2, -0.15) is 0 Å². The summed E-state index contributed by atoms with van der Waals surface area (Å²) in [5.41, 5.74) is 5.20. The summed E-state index contributed by atoms with van der Waals surface area (Å²) in [4.78, 5) is 13.5. The molecule has 218 valence electrons. The van der Waals surface area contributed by atoms with Gasteiger partial charge in [0.05, 0.1) is 0 Å². The molecule has 3 aromatic rings. The highest BCUT2D eigenvalue weighted by Gasteiger charge is 2.48. The van der Waals surface area contributed by atoms with E-state index in [1.807, 2.05) is 68.7 Å². The fourth-order valence-electron chi connectivity index (χ4n) is 4.73. The molecule has 4 rings (SSSR count). The van der Waals surface area contributed by atoms with Crippen molar-refractivity contribution in [2.24, 2.45) is 0 Å². The van der Waals surface area contributed by atoms with Crippen LogP contribution in [0.3, 0.4) is 0 Å². The second kappa shape index (κ2) is 13.8. The van der Waals surface area contributed by atoms with E-state index in [4.69, 9.17) is 14.2 Å². The number of carboxylic acid groups (broad SMARTS) is 1. The summed E-state index contributed by atoms with van der Waals surface area (Å²) in [6.45, 7) is 3.51. The predicted molar refractivity (Wildman–Crippen MR) is 155 cm³/mol. The van der Waals surface area contributed by atoms with Crippen LogP contribution in [0.2, 0.25) is 0 Å². The number of aliphatic carboxylic acids is 1. The highest BCUT2D eigenvalue weighted by Crippen LogP contribution is 2.36. The number of carboxylic acids is 1. The van der Waals surface area contributed by atoms with Crippen molar-refractivity contribution in [3.8, 4) is 11.5 Å². The van der Waals surface area contributed by atoms with E-state index in [0.717, 1.165) is 46.6 Å². The third-order valence-electron chi connectivity index (χ3n) is 6.94. The van der Waals surface area contributed by atoms with E-state index >= 15 is 0 Å². The van der Waals surface area contributed by atoms with Crippen molar-refractivity contribution in [1.29, 1.82) is 0 Å². The van der Waals surface area contributed by atoms with E-state index in [1.165, 1.54) is 0 Å². The zero-order valence-corrected chi connectivity index (χ0v) is 23.4. The van der Waals surface area contributed by atoms with Crippen molar-refractivity contribution in [2.45, 2.75) is 44.1 Å². The Morgan fingerprint density at radius 3 is 1.93 bits per heavy atom. The lowest BCUT2D eigenvalue weighted by Gasteiger charge is -2.38. The Hall–Kier alpha value is -3.73. The molecule has 0 radical (unpaired) electrons. The first-order valence-corrected chi connectivity index (χ1v) is 13.6. The number of carbonyl (C=O) groups is 1. The van der Waals surface area contributed by atoms with E-state index < -0.39 is 36.7 Å². The number of hydrogen-bond acceptors (Lipinski definition) is 8. The Kier molecular flexibility index (Phi) is 10.1. The van der Waals surface area contributed by atoms with Crippen LogP contribution in [0.5, 0.6) is 11.5 Å². The quantitative estimate of drug-likeness (QED) is 0.260. The van der Waals surface area contributed by atoms with Gasteiger partial charge in [0.1, 0.15) is 36.4 Å². The SMILES string of the molecule is CC/C(=C(\c1ccc(OCCN(C)C)cc1)c1ccc(O[C@H]2O[C@@H](C(=O)O)[C@H](O)[C@@H](O)[C@@H]2O)cc1)c1ccccc1. The summed E-state index contributed by atoms with van der Waals surface area (Å²) in [6, 6.07) is 25.3. The number of hydrogen-bond donors (Lipinski definition) is 4. The number of benzene rings is 3. The molecular weight excluding hydrogens is 526 g/mol. The molecule has 0 saturated carbocycles. The van der Waals surface area contributed by atoms with Gasteiger partial charge in [0.15, 0.2) is 6.10 Å². The highest BCUT2D eigenvalue weighted by atomic mass is 16.7. The number of aliphatic hydroxyl groups excluding tert-OH is 3. The summed E-state index contributed by atoms with van der Waals surface area (Å²) in [7, 11) is 4.00. The third kappa shape index (κ3) is 7.32. The van der Waals surface area contributed by atoms with E-state index in [9.17, 15) is 25.2 Å². The van der Waals surface area contributed by atoms with Gasteiger partial charge in [-0.3, -0.25) is 0 Å². The van der Waals surface area contributed by atoms with Gasteiger partial charge in [0.25, 0.3) is 0 Å². The fourth-order valence-corrected chi connectivity index (χ4v) is 4.73. The molecule has 1 saturated heterocycles. The van der Waals surface area contributed by atoms with E-state index in [-0.39, 0.29) is 0 Å². The Labute approximate surface area is 239 Å². The van der Waals surface area contributed by atoms with E-state index in [2.05, 4.69) is 24.0 Å². The Balaban J connectivity index is 1.64. The van der Waals surface area contributed by atoms with Crippen LogP contribution in [0.25, 0.3) is 11.1 Å². The minimum Gasteiger partial charge on any atom is -0.492 e. The molecule has 0 unspecified atom stereocenters. The van der Waals surface area contributed by atoms with Crippen LogP contribution in [-0.2, 0) is 9.53 Å². The first kappa shape index (κ1) is 30.2. The molecule has 1 heterocycles. The third-order valence-corrected chi connectivity index (χ3v) is 6.94. The first-order chi connectivity index (χ1) is 19.7. The number of nitrogens with zero attached hydrogens (tertiary/aromatic N) is 1. The lowest BCUT2D eigenvalue weighted by Crippen LogP contribution is -2.61. The summed E-state index contributed by atoms with van der Waals surface area (Å²) >= 11 is 0. The van der Waals surface area contributed by atoms with Gasteiger partial charge in [-0.1, -0.05) is 61.5 Å². The van der Waals surface area contributed by atoms with E-state index in [0.29, 0.717) is 12.4 Å². The summed E-state index contributed by atoms with van der Waals surface area (Å²) < 4.78 is 16.8. The average molecular weight is 564 g/mol. The summed E-state index contributed by atoms with van der Waals surface area (Å²) in [6.07, 6.45) is -7.61. The van der Waals surface area contributed by atoms with Crippen LogP contribution in [0.1, 0.15) is 30.0 Å². The van der Waals surface area contributed by atoms with Crippen molar-refractivity contribution < 1.29 is 39.4 Å². The summed E-state index contributed by atoms with van der Waals surface area (Å²) in [5, 5.41) is 39.7. The van der Waals surface area contributed by atoms with Gasteiger partial charge in [-0.05, 0) is 72.6 Å². The fraction of sp³-hybridized carbons (Fsp3) is 0.344. The number of allylic oxidation sites excluding steroid dienone is 1. The molecule has 9 nitrogen and oxygen atoms in total. The molecule has 0 aromatic heterocycles. The minimum absolute atomic E-state index is 0.298. The molecule has 9 heteroatoms. The highest BCUT2D eigenvalue weighted by molar-refractivity contribution is 5.98. The molecule has 41 heavy (non-hydrogen) atoms. The van der Waals surface area contributed by atoms with Gasteiger partial charge in [-0.25, -0.2) is 4.79 Å². The Morgan fingerprint density at radius 2 is 1.39 bits per heavy atom. The molecule has 0 spiro atoms. The van der Waals surface area contributed by atoms with Crippen molar-refractivity contribution in [3.05, 3.63) is 95.6 Å². The van der Waals surface area contributed by atoms with Gasteiger partial charge in [-0.15, -0.1) is 0 Å². The lowest BCUT2D eigenvalue weighted by atomic mass is 9.88. The molecule has 0 amide bonds. The Morgan fingerprint density at radius 1 is 0.805 bits per heavy atom. The van der Waals surface area contributed by atoms with Crippen LogP contribution in [0, 0.1) is 0 Å². The Bertz CT molecular complexity index is 1310. The molecule has 1 aliphatic heterocycles. The molecular formula is C32H37NO8. The number of rotatable bonds is 11. The molecule has 0 aliphatic carbocycles. The number of ether oxygens (including phenoxy) is 3. The van der Waals surface area contributed by atoms with Gasteiger partial charge >= 0.3 is 5.97 Å². The maximum atomic E-state index is 11.4. The molecule has 1 fully saturated rings. The van der Waals surface area contributed by atoms with Gasteiger partial charge < -0.3 is 39.5 Å². The maximum Gasteiger partial charge on any atom is 0.335 e.